The van der Waals surface area contributed by atoms with Crippen molar-refractivity contribution in [2.45, 2.75) is 46.2 Å². The number of carbonyl (C=O) groups is 2. The van der Waals surface area contributed by atoms with Crippen molar-refractivity contribution in [2.24, 2.45) is 11.7 Å². The minimum Gasteiger partial charge on any atom is -0.368 e. The maximum atomic E-state index is 12.8. The molecule has 196 valence electrons. The zero-order valence-corrected chi connectivity index (χ0v) is 22.1. The van der Waals surface area contributed by atoms with Crippen molar-refractivity contribution in [1.82, 2.24) is 19.8 Å². The van der Waals surface area contributed by atoms with Crippen LogP contribution in [0.4, 0.5) is 16.3 Å². The number of piperazine rings is 1. The third-order valence-electron chi connectivity index (χ3n) is 6.77. The van der Waals surface area contributed by atoms with E-state index in [0.29, 0.717) is 50.3 Å². The third-order valence-corrected chi connectivity index (χ3v) is 6.77. The number of hydrogen-bond acceptors (Lipinski definition) is 6. The van der Waals surface area contributed by atoms with Crippen molar-refractivity contribution in [3.05, 3.63) is 59.9 Å². The lowest BCUT2D eigenvalue weighted by atomic mass is 10.0. The van der Waals surface area contributed by atoms with E-state index in [1.807, 2.05) is 55.1 Å². The average molecular weight is 504 g/mol. The monoisotopic (exact) mass is 503 g/mol. The summed E-state index contributed by atoms with van der Waals surface area (Å²) in [4.78, 5) is 38.4. The fraction of sp³-hybridized carbons (Fsp3) is 0.429. The molecule has 2 aromatic carbocycles. The predicted octanol–water partition coefficient (Wildman–Crippen LogP) is 4.02. The molecule has 3 amide bonds. The zero-order chi connectivity index (χ0) is 26.5. The Morgan fingerprint density at radius 2 is 1.62 bits per heavy atom. The Kier molecular flexibility index (Phi) is 8.23. The van der Waals surface area contributed by atoms with Crippen molar-refractivity contribution in [2.75, 3.05) is 36.8 Å². The highest BCUT2D eigenvalue weighted by atomic mass is 16.2. The van der Waals surface area contributed by atoms with Crippen molar-refractivity contribution in [1.29, 1.82) is 0 Å². The van der Waals surface area contributed by atoms with Crippen molar-refractivity contribution < 1.29 is 9.59 Å². The molecule has 1 aromatic heterocycles. The highest BCUT2D eigenvalue weighted by molar-refractivity contribution is 5.92. The minimum absolute atomic E-state index is 0.0158. The van der Waals surface area contributed by atoms with Crippen LogP contribution >= 0.6 is 0 Å². The highest BCUT2D eigenvalue weighted by Gasteiger charge is 2.24. The van der Waals surface area contributed by atoms with Gasteiger partial charge in [-0.2, -0.15) is 0 Å². The summed E-state index contributed by atoms with van der Waals surface area (Å²) in [5.41, 5.74) is 8.49. The topological polar surface area (TPSA) is 116 Å². The SMILES string of the molecule is CC(C)c1ccc(NC(=O)N2CCN(Cc3nc(N[C@H](C(N)=O)C(C)C)c4ccccc4n3)CC2)cc1. The van der Waals surface area contributed by atoms with Crippen LogP contribution < -0.4 is 16.4 Å². The molecule has 4 rings (SSSR count). The smallest absolute Gasteiger partial charge is 0.321 e. The molecular weight excluding hydrogens is 466 g/mol. The summed E-state index contributed by atoms with van der Waals surface area (Å²) in [5.74, 6) is 1.33. The Bertz CT molecular complexity index is 1240. The first-order chi connectivity index (χ1) is 17.7. The molecule has 1 aliphatic rings. The molecule has 0 spiro atoms. The number of benzene rings is 2. The number of para-hydroxylation sites is 1. The van der Waals surface area contributed by atoms with Gasteiger partial charge in [0.25, 0.3) is 0 Å². The van der Waals surface area contributed by atoms with E-state index in [1.54, 1.807) is 0 Å². The van der Waals surface area contributed by atoms with Gasteiger partial charge in [-0.1, -0.05) is 52.0 Å². The van der Waals surface area contributed by atoms with Crippen LogP contribution in [0.3, 0.4) is 0 Å². The van der Waals surface area contributed by atoms with Gasteiger partial charge in [-0.3, -0.25) is 9.69 Å². The summed E-state index contributed by atoms with van der Waals surface area (Å²) in [6.07, 6.45) is 0. The summed E-state index contributed by atoms with van der Waals surface area (Å²) in [6.45, 7) is 11.4. The van der Waals surface area contributed by atoms with Crippen molar-refractivity contribution >= 4 is 34.3 Å². The van der Waals surface area contributed by atoms with Gasteiger partial charge in [-0.05, 0) is 41.7 Å². The predicted molar refractivity (Wildman–Crippen MR) is 147 cm³/mol. The standard InChI is InChI=1S/C28H37N7O2/c1-18(2)20-9-11-21(12-10-20)30-28(37)35-15-13-34(14-16-35)17-24-31-23-8-6-5-7-22(23)27(32-24)33-25(19(3)4)26(29)36/h5-12,18-19,25H,13-17H2,1-4H3,(H2,29,36)(H,30,37)(H,31,32,33)/t25-/m0/s1. The molecule has 0 aliphatic carbocycles. The van der Waals surface area contributed by atoms with E-state index < -0.39 is 11.9 Å². The lowest BCUT2D eigenvalue weighted by Gasteiger charge is -2.34. The first-order valence-corrected chi connectivity index (χ1v) is 12.9. The Morgan fingerprint density at radius 3 is 2.24 bits per heavy atom. The van der Waals surface area contributed by atoms with Crippen LogP contribution in [0.2, 0.25) is 0 Å². The Hall–Kier alpha value is -3.72. The molecule has 1 atom stereocenters. The Morgan fingerprint density at radius 1 is 0.946 bits per heavy atom. The molecule has 2 heterocycles. The number of urea groups is 1. The molecular formula is C28H37N7O2. The van der Waals surface area contributed by atoms with Gasteiger partial charge in [0, 0.05) is 37.3 Å². The number of anilines is 2. The number of hydrogen-bond donors (Lipinski definition) is 3. The molecule has 9 heteroatoms. The minimum atomic E-state index is -0.533. The molecule has 1 aliphatic heterocycles. The maximum Gasteiger partial charge on any atom is 0.321 e. The number of nitrogens with two attached hydrogens (primary N) is 1. The number of nitrogens with one attached hydrogen (secondary N) is 2. The molecule has 4 N–H and O–H groups in total. The summed E-state index contributed by atoms with van der Waals surface area (Å²) in [6, 6.07) is 15.1. The quantitative estimate of drug-likeness (QED) is 0.427. The first kappa shape index (κ1) is 26.3. The highest BCUT2D eigenvalue weighted by Crippen LogP contribution is 2.23. The number of nitrogens with zero attached hydrogens (tertiary/aromatic N) is 4. The van der Waals surface area contributed by atoms with Crippen LogP contribution in [0.15, 0.2) is 48.5 Å². The molecule has 0 radical (unpaired) electrons. The summed E-state index contributed by atoms with van der Waals surface area (Å²) in [7, 11) is 0. The second-order valence-electron chi connectivity index (χ2n) is 10.2. The van der Waals surface area contributed by atoms with Gasteiger partial charge >= 0.3 is 6.03 Å². The molecule has 1 fully saturated rings. The number of fused-ring (bicyclic) bond motifs is 1. The number of rotatable bonds is 8. The molecule has 1 saturated heterocycles. The third kappa shape index (κ3) is 6.54. The average Bonchev–Trinajstić information content (AvgIpc) is 2.87. The van der Waals surface area contributed by atoms with E-state index in [-0.39, 0.29) is 11.9 Å². The molecule has 37 heavy (non-hydrogen) atoms. The van der Waals surface area contributed by atoms with E-state index in [9.17, 15) is 9.59 Å². The lowest BCUT2D eigenvalue weighted by molar-refractivity contribution is -0.119. The van der Waals surface area contributed by atoms with Crippen molar-refractivity contribution in [3.8, 4) is 0 Å². The zero-order valence-electron chi connectivity index (χ0n) is 22.1. The number of aromatic nitrogens is 2. The number of carbonyl (C=O) groups excluding carboxylic acids is 2. The van der Waals surface area contributed by atoms with Crippen LogP contribution in [0.5, 0.6) is 0 Å². The molecule has 9 nitrogen and oxygen atoms in total. The van der Waals surface area contributed by atoms with Gasteiger partial charge in [-0.15, -0.1) is 0 Å². The molecule has 0 bridgehead atoms. The Balaban J connectivity index is 1.39. The Labute approximate surface area is 218 Å². The van der Waals surface area contributed by atoms with Crippen LogP contribution in [-0.4, -0.2) is 63.9 Å². The summed E-state index contributed by atoms with van der Waals surface area (Å²) in [5, 5.41) is 7.10. The second-order valence-corrected chi connectivity index (χ2v) is 10.2. The van der Waals surface area contributed by atoms with Crippen LogP contribution in [0.25, 0.3) is 10.9 Å². The first-order valence-electron chi connectivity index (χ1n) is 12.9. The van der Waals surface area contributed by atoms with Gasteiger partial charge in [0.1, 0.15) is 17.7 Å². The van der Waals surface area contributed by atoms with E-state index in [2.05, 4.69) is 41.5 Å². The number of amides is 3. The van der Waals surface area contributed by atoms with Gasteiger partial charge < -0.3 is 21.3 Å². The van der Waals surface area contributed by atoms with E-state index >= 15 is 0 Å². The number of primary amides is 1. The van der Waals surface area contributed by atoms with Crippen LogP contribution in [-0.2, 0) is 11.3 Å². The molecule has 0 unspecified atom stereocenters. The van der Waals surface area contributed by atoms with Gasteiger partial charge in [0.05, 0.1) is 12.1 Å². The second kappa shape index (κ2) is 11.6. The van der Waals surface area contributed by atoms with Crippen LogP contribution in [0, 0.1) is 5.92 Å². The summed E-state index contributed by atoms with van der Waals surface area (Å²) < 4.78 is 0. The van der Waals surface area contributed by atoms with Gasteiger partial charge in [-0.25, -0.2) is 14.8 Å². The van der Waals surface area contributed by atoms with E-state index in [0.717, 1.165) is 16.6 Å². The molecule has 3 aromatic rings. The van der Waals surface area contributed by atoms with Crippen molar-refractivity contribution in [3.63, 3.8) is 0 Å². The van der Waals surface area contributed by atoms with Gasteiger partial charge in [0.2, 0.25) is 5.91 Å². The maximum absolute atomic E-state index is 12.8. The fourth-order valence-electron chi connectivity index (χ4n) is 4.48. The van der Waals surface area contributed by atoms with E-state index in [1.165, 1.54) is 5.56 Å². The van der Waals surface area contributed by atoms with Gasteiger partial charge in [0.15, 0.2) is 0 Å². The molecule has 0 saturated carbocycles. The van der Waals surface area contributed by atoms with Crippen LogP contribution in [0.1, 0.15) is 45.0 Å². The normalized spacial score (nSPS) is 15.2. The van der Waals surface area contributed by atoms with E-state index in [4.69, 9.17) is 15.7 Å². The summed E-state index contributed by atoms with van der Waals surface area (Å²) >= 11 is 0. The fourth-order valence-corrected chi connectivity index (χ4v) is 4.48. The lowest BCUT2D eigenvalue weighted by Crippen LogP contribution is -2.49. The largest absolute Gasteiger partial charge is 0.368 e.